The molecule has 0 aliphatic heterocycles. The number of nitrogen functional groups attached to an aromatic ring is 1. The highest BCUT2D eigenvalue weighted by molar-refractivity contribution is 7.99. The second-order valence-corrected chi connectivity index (χ2v) is 6.11. The van der Waals surface area contributed by atoms with Crippen LogP contribution in [0.1, 0.15) is 17.5 Å². The molecule has 2 aromatic rings. The van der Waals surface area contributed by atoms with Crippen LogP contribution in [-0.4, -0.2) is 45.8 Å². The Morgan fingerprint density at radius 3 is 2.50 bits per heavy atom. The number of thioether (sulfide) groups is 1. The molecular formula is C17H17N5O3S. The van der Waals surface area contributed by atoms with E-state index in [0.717, 1.165) is 0 Å². The van der Waals surface area contributed by atoms with E-state index in [1.807, 2.05) is 6.07 Å². The Balaban J connectivity index is 2.51. The van der Waals surface area contributed by atoms with Gasteiger partial charge in [0, 0.05) is 17.9 Å². The van der Waals surface area contributed by atoms with Crippen molar-refractivity contribution >= 4 is 17.6 Å². The van der Waals surface area contributed by atoms with E-state index in [1.165, 1.54) is 18.0 Å². The molecule has 134 valence electrons. The number of nitrogens with two attached hydrogens (primary N) is 1. The van der Waals surface area contributed by atoms with Crippen LogP contribution in [0.15, 0.2) is 23.4 Å². The minimum absolute atomic E-state index is 0.0235. The molecule has 2 heterocycles. The predicted octanol–water partition coefficient (Wildman–Crippen LogP) is 1.31. The number of hydrogen-bond donors (Lipinski definition) is 3. The van der Waals surface area contributed by atoms with Crippen LogP contribution in [0.4, 0.5) is 5.82 Å². The quantitative estimate of drug-likeness (QED) is 0.461. The first-order valence-corrected chi connectivity index (χ1v) is 8.72. The molecule has 0 amide bonds. The second kappa shape index (κ2) is 9.59. The maximum absolute atomic E-state index is 9.62. The van der Waals surface area contributed by atoms with Crippen molar-refractivity contribution in [2.24, 2.45) is 0 Å². The molecule has 0 unspecified atom stereocenters. The molecule has 26 heavy (non-hydrogen) atoms. The molecule has 0 saturated heterocycles. The van der Waals surface area contributed by atoms with Crippen LogP contribution in [0.5, 0.6) is 5.75 Å². The van der Waals surface area contributed by atoms with E-state index < -0.39 is 0 Å². The summed E-state index contributed by atoms with van der Waals surface area (Å²) in [6.45, 7) is 0.0559. The lowest BCUT2D eigenvalue weighted by Crippen LogP contribution is -2.05. The monoisotopic (exact) mass is 371 g/mol. The molecule has 0 fully saturated rings. The van der Waals surface area contributed by atoms with Crippen LogP contribution in [0.2, 0.25) is 0 Å². The lowest BCUT2D eigenvalue weighted by atomic mass is 10.0. The van der Waals surface area contributed by atoms with Crippen molar-refractivity contribution in [1.82, 2.24) is 9.97 Å². The zero-order valence-corrected chi connectivity index (χ0v) is 14.7. The van der Waals surface area contributed by atoms with Crippen molar-refractivity contribution < 1.29 is 14.9 Å². The van der Waals surface area contributed by atoms with Gasteiger partial charge in [-0.05, 0) is 18.6 Å². The molecule has 0 aromatic carbocycles. The average Bonchev–Trinajstić information content (AvgIpc) is 2.66. The molecule has 2 rings (SSSR count). The van der Waals surface area contributed by atoms with Gasteiger partial charge in [0.2, 0.25) is 0 Å². The van der Waals surface area contributed by atoms with Gasteiger partial charge >= 0.3 is 0 Å². The lowest BCUT2D eigenvalue weighted by molar-refractivity contribution is 0.201. The number of ether oxygens (including phenoxy) is 1. The minimum Gasteiger partial charge on any atom is -0.490 e. The Morgan fingerprint density at radius 2 is 1.92 bits per heavy atom. The van der Waals surface area contributed by atoms with E-state index in [-0.39, 0.29) is 36.8 Å². The Labute approximate surface area is 154 Å². The molecule has 2 aromatic heterocycles. The number of nitrogens with zero attached hydrogens (tertiary/aromatic N) is 4. The Bertz CT molecular complexity index is 843. The summed E-state index contributed by atoms with van der Waals surface area (Å²) in [7, 11) is 0. The van der Waals surface area contributed by atoms with Gasteiger partial charge in [0.15, 0.2) is 0 Å². The molecule has 0 radical (unpaired) electrons. The van der Waals surface area contributed by atoms with Crippen molar-refractivity contribution in [3.8, 4) is 29.1 Å². The summed E-state index contributed by atoms with van der Waals surface area (Å²) in [5.74, 6) is 1.04. The molecule has 0 aliphatic rings. The number of hydrogen-bond acceptors (Lipinski definition) is 9. The Hall–Kier alpha value is -2.85. The number of nitriles is 2. The van der Waals surface area contributed by atoms with Crippen LogP contribution >= 0.6 is 11.8 Å². The van der Waals surface area contributed by atoms with E-state index in [4.69, 9.17) is 20.7 Å². The van der Waals surface area contributed by atoms with Crippen molar-refractivity contribution in [1.29, 1.82) is 10.5 Å². The number of aliphatic hydroxyl groups excluding tert-OH is 2. The van der Waals surface area contributed by atoms with E-state index in [1.54, 1.807) is 12.1 Å². The minimum atomic E-state index is -0.117. The molecule has 0 bridgehead atoms. The summed E-state index contributed by atoms with van der Waals surface area (Å²) in [4.78, 5) is 8.42. The van der Waals surface area contributed by atoms with Gasteiger partial charge in [0.25, 0.3) is 0 Å². The zero-order valence-electron chi connectivity index (χ0n) is 13.8. The van der Waals surface area contributed by atoms with Crippen LogP contribution in [0.3, 0.4) is 0 Å². The molecule has 8 nitrogen and oxygen atoms in total. The van der Waals surface area contributed by atoms with Crippen molar-refractivity contribution in [3.63, 3.8) is 0 Å². The normalized spacial score (nSPS) is 10.2. The van der Waals surface area contributed by atoms with E-state index in [9.17, 15) is 10.5 Å². The van der Waals surface area contributed by atoms with E-state index >= 15 is 0 Å². The Kier molecular flexibility index (Phi) is 7.18. The topological polar surface area (TPSA) is 149 Å². The average molecular weight is 371 g/mol. The molecule has 9 heteroatoms. The van der Waals surface area contributed by atoms with Crippen molar-refractivity contribution in [2.75, 3.05) is 31.3 Å². The van der Waals surface area contributed by atoms with Crippen LogP contribution in [0, 0.1) is 22.7 Å². The third-order valence-corrected chi connectivity index (χ3v) is 4.37. The highest BCUT2D eigenvalue weighted by Crippen LogP contribution is 2.35. The maximum atomic E-state index is 9.62. The van der Waals surface area contributed by atoms with Gasteiger partial charge in [-0.25, -0.2) is 4.98 Å². The fourth-order valence-electron chi connectivity index (χ4n) is 2.17. The summed E-state index contributed by atoms with van der Waals surface area (Å²) in [6.07, 6.45) is 1.99. The zero-order chi connectivity index (χ0) is 18.9. The lowest BCUT2D eigenvalue weighted by Gasteiger charge is -2.12. The number of rotatable bonds is 8. The predicted molar refractivity (Wildman–Crippen MR) is 96.3 cm³/mol. The third kappa shape index (κ3) is 4.41. The van der Waals surface area contributed by atoms with Crippen LogP contribution < -0.4 is 10.5 Å². The molecule has 0 aliphatic carbocycles. The van der Waals surface area contributed by atoms with Crippen LogP contribution in [0.25, 0.3) is 11.3 Å². The summed E-state index contributed by atoms with van der Waals surface area (Å²) in [6, 6.07) is 7.32. The number of pyridine rings is 2. The summed E-state index contributed by atoms with van der Waals surface area (Å²) >= 11 is 1.29. The third-order valence-electron chi connectivity index (χ3n) is 3.31. The first-order chi connectivity index (χ1) is 12.7. The SMILES string of the molecule is N#Cc1c(N)nc(SCCCO)c(C#N)c1-c1ccc(OCCO)cn1. The second-order valence-electron chi connectivity index (χ2n) is 5.03. The highest BCUT2D eigenvalue weighted by atomic mass is 32.2. The first kappa shape index (κ1) is 19.5. The smallest absolute Gasteiger partial charge is 0.143 e. The number of aromatic nitrogens is 2. The van der Waals surface area contributed by atoms with E-state index in [0.29, 0.717) is 34.2 Å². The van der Waals surface area contributed by atoms with Crippen molar-refractivity contribution in [2.45, 2.75) is 11.4 Å². The standard InChI is InChI=1S/C17H17N5O3S/c18-8-12-15(14-3-2-11(10-21-14)25-6-5-24)13(9-19)17(22-16(12)20)26-7-1-4-23/h2-3,10,23-24H,1,4-7H2,(H2,20,22). The van der Waals surface area contributed by atoms with E-state index in [2.05, 4.69) is 16.0 Å². The van der Waals surface area contributed by atoms with Gasteiger partial charge in [-0.1, -0.05) is 0 Å². The largest absolute Gasteiger partial charge is 0.490 e. The molecule has 0 spiro atoms. The molecule has 0 saturated carbocycles. The number of aliphatic hydroxyl groups is 2. The molecular weight excluding hydrogens is 354 g/mol. The number of anilines is 1. The van der Waals surface area contributed by atoms with Crippen molar-refractivity contribution in [3.05, 3.63) is 29.5 Å². The molecule has 0 atom stereocenters. The maximum Gasteiger partial charge on any atom is 0.143 e. The van der Waals surface area contributed by atoms with Crippen LogP contribution in [-0.2, 0) is 0 Å². The van der Waals surface area contributed by atoms with Gasteiger partial charge < -0.3 is 20.7 Å². The van der Waals surface area contributed by atoms with Gasteiger partial charge in [-0.15, -0.1) is 11.8 Å². The fraction of sp³-hybridized carbons (Fsp3) is 0.294. The summed E-state index contributed by atoms with van der Waals surface area (Å²) < 4.78 is 5.26. The van der Waals surface area contributed by atoms with Gasteiger partial charge in [-0.2, -0.15) is 10.5 Å². The van der Waals surface area contributed by atoms with Gasteiger partial charge in [0.1, 0.15) is 40.9 Å². The Morgan fingerprint density at radius 1 is 1.15 bits per heavy atom. The first-order valence-electron chi connectivity index (χ1n) is 7.73. The molecule has 4 N–H and O–H groups in total. The van der Waals surface area contributed by atoms with Gasteiger partial charge in [-0.3, -0.25) is 4.98 Å². The summed E-state index contributed by atoms with van der Waals surface area (Å²) in [5.41, 5.74) is 6.93. The highest BCUT2D eigenvalue weighted by Gasteiger charge is 2.21. The fourth-order valence-corrected chi connectivity index (χ4v) is 3.09. The van der Waals surface area contributed by atoms with Gasteiger partial charge in [0.05, 0.1) is 24.1 Å². The summed E-state index contributed by atoms with van der Waals surface area (Å²) in [5, 5.41) is 37.2.